The molecule has 0 aromatic heterocycles. The predicted octanol–water partition coefficient (Wildman–Crippen LogP) is 2.89. The topological polar surface area (TPSA) is 79.3 Å². The van der Waals surface area contributed by atoms with E-state index < -0.39 is 12.1 Å². The molecule has 3 rings (SSSR count). The van der Waals surface area contributed by atoms with Gasteiger partial charge in [0, 0.05) is 24.9 Å². The molecule has 0 saturated carbocycles. The first-order chi connectivity index (χ1) is 13.4. The molecular weight excluding hydrogens is 358 g/mol. The summed E-state index contributed by atoms with van der Waals surface area (Å²) >= 11 is 0. The van der Waals surface area contributed by atoms with Crippen molar-refractivity contribution in [2.24, 2.45) is 5.10 Å². The zero-order valence-electron chi connectivity index (χ0n) is 16.6. The number of carbonyl (C=O) groups excluding carboxylic acids is 3. The number of anilines is 1. The van der Waals surface area contributed by atoms with Crippen LogP contribution in [0.2, 0.25) is 0 Å². The number of amides is 2. The van der Waals surface area contributed by atoms with E-state index in [4.69, 9.17) is 4.74 Å². The minimum Gasteiger partial charge on any atom is -0.448 e. The van der Waals surface area contributed by atoms with Crippen molar-refractivity contribution in [3.05, 3.63) is 30.3 Å². The minimum atomic E-state index is -0.888. The number of hydrogen-bond donors (Lipinski definition) is 0. The first kappa shape index (κ1) is 20.0. The molecule has 1 aromatic carbocycles. The number of nitrogens with zero attached hydrogens (tertiary/aromatic N) is 3. The van der Waals surface area contributed by atoms with Gasteiger partial charge < -0.3 is 9.64 Å². The van der Waals surface area contributed by atoms with E-state index in [2.05, 4.69) is 5.10 Å². The van der Waals surface area contributed by atoms with Crippen molar-refractivity contribution in [1.29, 1.82) is 0 Å². The highest BCUT2D eigenvalue weighted by atomic mass is 16.5. The second-order valence-electron chi connectivity index (χ2n) is 7.51. The lowest BCUT2D eigenvalue weighted by Crippen LogP contribution is -2.51. The summed E-state index contributed by atoms with van der Waals surface area (Å²) in [5.41, 5.74) is 0.750. The molecule has 0 N–H and O–H groups in total. The van der Waals surface area contributed by atoms with Crippen LogP contribution >= 0.6 is 0 Å². The summed E-state index contributed by atoms with van der Waals surface area (Å²) in [6.45, 7) is 5.64. The monoisotopic (exact) mass is 385 g/mol. The molecule has 1 fully saturated rings. The zero-order valence-corrected chi connectivity index (χ0v) is 16.6. The smallest absolute Gasteiger partial charge is 0.355 e. The lowest BCUT2D eigenvalue weighted by molar-refractivity contribution is -0.157. The molecule has 28 heavy (non-hydrogen) atoms. The molecule has 2 aliphatic rings. The van der Waals surface area contributed by atoms with Crippen LogP contribution in [0.15, 0.2) is 35.4 Å². The number of likely N-dealkylation sites (tertiary alicyclic amines) is 1. The molecule has 2 heterocycles. The van der Waals surface area contributed by atoms with Crippen LogP contribution in [0.5, 0.6) is 0 Å². The first-order valence-electron chi connectivity index (χ1n) is 9.87. The molecule has 7 nitrogen and oxygen atoms in total. The molecular formula is C21H27N3O4. The van der Waals surface area contributed by atoms with Gasteiger partial charge in [-0.3, -0.25) is 9.59 Å². The lowest BCUT2D eigenvalue weighted by Gasteiger charge is -2.40. The highest BCUT2D eigenvalue weighted by Gasteiger charge is 2.34. The fourth-order valence-electron chi connectivity index (χ4n) is 3.82. The van der Waals surface area contributed by atoms with Crippen LogP contribution < -0.4 is 5.01 Å². The maximum Gasteiger partial charge on any atom is 0.355 e. The number of hydrazone groups is 1. The Labute approximate surface area is 165 Å². The van der Waals surface area contributed by atoms with Crippen molar-refractivity contribution in [1.82, 2.24) is 4.90 Å². The first-order valence-corrected chi connectivity index (χ1v) is 9.87. The second-order valence-corrected chi connectivity index (χ2v) is 7.51. The molecule has 2 amide bonds. The molecule has 1 saturated heterocycles. The highest BCUT2D eigenvalue weighted by Crippen LogP contribution is 2.24. The van der Waals surface area contributed by atoms with Gasteiger partial charge in [-0.25, -0.2) is 9.80 Å². The Morgan fingerprint density at radius 1 is 1.11 bits per heavy atom. The van der Waals surface area contributed by atoms with Gasteiger partial charge in [-0.15, -0.1) is 0 Å². The van der Waals surface area contributed by atoms with E-state index in [1.165, 1.54) is 5.01 Å². The second kappa shape index (κ2) is 8.54. The van der Waals surface area contributed by atoms with Gasteiger partial charge in [-0.05, 0) is 52.2 Å². The quantitative estimate of drug-likeness (QED) is 0.747. The van der Waals surface area contributed by atoms with Crippen LogP contribution in [0, 0.1) is 0 Å². The number of para-hydroxylation sites is 1. The van der Waals surface area contributed by atoms with E-state index in [1.807, 2.05) is 24.8 Å². The molecule has 1 aromatic rings. The van der Waals surface area contributed by atoms with E-state index in [1.54, 1.807) is 31.2 Å². The average Bonchev–Trinajstić information content (AvgIpc) is 2.68. The van der Waals surface area contributed by atoms with Crippen LogP contribution in [-0.4, -0.2) is 46.6 Å². The van der Waals surface area contributed by atoms with Crippen LogP contribution in [0.3, 0.4) is 0 Å². The Hall–Kier alpha value is -2.70. The summed E-state index contributed by atoms with van der Waals surface area (Å²) in [7, 11) is 0. The summed E-state index contributed by atoms with van der Waals surface area (Å²) in [5.74, 6) is -1.00. The van der Waals surface area contributed by atoms with Crippen molar-refractivity contribution in [2.45, 2.75) is 71.1 Å². The molecule has 0 unspecified atom stereocenters. The van der Waals surface area contributed by atoms with Gasteiger partial charge in [0.15, 0.2) is 6.10 Å². The largest absolute Gasteiger partial charge is 0.448 e. The number of esters is 1. The van der Waals surface area contributed by atoms with Gasteiger partial charge >= 0.3 is 5.97 Å². The number of piperidine rings is 1. The maximum absolute atomic E-state index is 12.8. The van der Waals surface area contributed by atoms with Gasteiger partial charge in [0.2, 0.25) is 5.91 Å². The molecule has 0 bridgehead atoms. The van der Waals surface area contributed by atoms with Crippen molar-refractivity contribution >= 4 is 29.2 Å². The van der Waals surface area contributed by atoms with Crippen molar-refractivity contribution < 1.29 is 19.1 Å². The SMILES string of the molecule is C[C@@H](OC(=O)C1=NN(c2ccccc2)C(=O)CC1)C(=O)N1[C@@H](C)CCC[C@@H]1C. The van der Waals surface area contributed by atoms with Gasteiger partial charge in [0.25, 0.3) is 5.91 Å². The maximum atomic E-state index is 12.8. The van der Waals surface area contributed by atoms with E-state index in [-0.39, 0.29) is 42.5 Å². The molecule has 2 aliphatic heterocycles. The Balaban J connectivity index is 1.69. The summed E-state index contributed by atoms with van der Waals surface area (Å²) in [6.07, 6.45) is 2.50. The lowest BCUT2D eigenvalue weighted by atomic mass is 9.97. The number of carbonyl (C=O) groups is 3. The predicted molar refractivity (Wildman–Crippen MR) is 106 cm³/mol. The molecule has 150 valence electrons. The molecule has 0 radical (unpaired) electrons. The fourth-order valence-corrected chi connectivity index (χ4v) is 3.82. The van der Waals surface area contributed by atoms with Crippen molar-refractivity contribution in [3.8, 4) is 0 Å². The van der Waals surface area contributed by atoms with Gasteiger partial charge in [0.05, 0.1) is 5.69 Å². The zero-order chi connectivity index (χ0) is 20.3. The Kier molecular flexibility index (Phi) is 6.11. The number of rotatable bonds is 4. The Morgan fingerprint density at radius 2 is 1.75 bits per heavy atom. The average molecular weight is 385 g/mol. The van der Waals surface area contributed by atoms with Crippen LogP contribution in [0.1, 0.15) is 52.9 Å². The van der Waals surface area contributed by atoms with E-state index in [0.717, 1.165) is 19.3 Å². The molecule has 3 atom stereocenters. The molecule has 7 heteroatoms. The van der Waals surface area contributed by atoms with Crippen LogP contribution in [-0.2, 0) is 19.1 Å². The number of ether oxygens (including phenoxy) is 1. The van der Waals surface area contributed by atoms with Gasteiger partial charge in [-0.2, -0.15) is 5.10 Å². The normalized spacial score (nSPS) is 23.8. The number of hydrogen-bond acceptors (Lipinski definition) is 5. The minimum absolute atomic E-state index is 0.135. The number of benzene rings is 1. The third kappa shape index (κ3) is 4.24. The van der Waals surface area contributed by atoms with E-state index >= 15 is 0 Å². The summed E-state index contributed by atoms with van der Waals surface area (Å²) in [6, 6.07) is 9.21. The highest BCUT2D eigenvalue weighted by molar-refractivity contribution is 6.38. The standard InChI is InChI=1S/C21H27N3O4/c1-14-8-7-9-15(2)23(14)20(26)16(3)28-21(27)18-12-13-19(25)24(22-18)17-10-5-4-6-11-17/h4-6,10-11,14-16H,7-9,12-13H2,1-3H3/t14-,15-,16+/m0/s1. The molecule has 0 spiro atoms. The third-order valence-electron chi connectivity index (χ3n) is 5.35. The van der Waals surface area contributed by atoms with E-state index in [0.29, 0.717) is 5.69 Å². The van der Waals surface area contributed by atoms with Crippen LogP contribution in [0.25, 0.3) is 0 Å². The fraction of sp³-hybridized carbons (Fsp3) is 0.524. The van der Waals surface area contributed by atoms with E-state index in [9.17, 15) is 14.4 Å². The van der Waals surface area contributed by atoms with Gasteiger partial charge in [0.1, 0.15) is 5.71 Å². The summed E-state index contributed by atoms with van der Waals surface area (Å²) < 4.78 is 5.42. The Morgan fingerprint density at radius 3 is 2.39 bits per heavy atom. The van der Waals surface area contributed by atoms with Gasteiger partial charge in [-0.1, -0.05) is 18.2 Å². The molecule has 0 aliphatic carbocycles. The van der Waals surface area contributed by atoms with Crippen molar-refractivity contribution in [3.63, 3.8) is 0 Å². The summed E-state index contributed by atoms with van der Waals surface area (Å²) in [4.78, 5) is 39.4. The summed E-state index contributed by atoms with van der Waals surface area (Å²) in [5, 5.41) is 5.41. The Bertz CT molecular complexity index is 767. The van der Waals surface area contributed by atoms with Crippen LogP contribution in [0.4, 0.5) is 5.69 Å². The van der Waals surface area contributed by atoms with Crippen molar-refractivity contribution in [2.75, 3.05) is 5.01 Å². The third-order valence-corrected chi connectivity index (χ3v) is 5.35.